The Balaban J connectivity index is 1.21. The van der Waals surface area contributed by atoms with Crippen LogP contribution in [0.3, 0.4) is 0 Å². The van der Waals surface area contributed by atoms with Crippen LogP contribution in [0.4, 0.5) is 8.78 Å². The molecule has 2 amide bonds. The Hall–Kier alpha value is -1.54. The summed E-state index contributed by atoms with van der Waals surface area (Å²) in [5.74, 6) is -0.257. The summed E-state index contributed by atoms with van der Waals surface area (Å²) in [5, 5.41) is 5.25. The van der Waals surface area contributed by atoms with Gasteiger partial charge in [0.25, 0.3) is 5.91 Å². The lowest BCUT2D eigenvalue weighted by Gasteiger charge is -2.70. The van der Waals surface area contributed by atoms with Crippen LogP contribution < -0.4 is 15.4 Å². The minimum absolute atomic E-state index is 0.0110. The third kappa shape index (κ3) is 3.61. The molecule has 4 aliphatic rings. The molecular formula is C18H19ClF2N2O3S. The molecule has 3 aliphatic carbocycles. The van der Waals surface area contributed by atoms with E-state index in [4.69, 9.17) is 16.3 Å². The first-order valence-electron chi connectivity index (χ1n) is 8.76. The summed E-state index contributed by atoms with van der Waals surface area (Å²) in [6, 6.07) is 3.98. The number of carbonyl (C=O) groups excluding carboxylic acids is 2. The topological polar surface area (TPSA) is 67.4 Å². The maximum absolute atomic E-state index is 13.7. The molecule has 1 aromatic rings. The minimum atomic E-state index is -1.08. The van der Waals surface area contributed by atoms with Crippen molar-refractivity contribution < 1.29 is 23.1 Å². The van der Waals surface area contributed by atoms with E-state index in [1.165, 1.54) is 23.9 Å². The highest BCUT2D eigenvalue weighted by molar-refractivity contribution is 8.00. The summed E-state index contributed by atoms with van der Waals surface area (Å²) < 4.78 is 32.3. The van der Waals surface area contributed by atoms with E-state index >= 15 is 0 Å². The van der Waals surface area contributed by atoms with Crippen molar-refractivity contribution in [3.8, 4) is 5.75 Å². The maximum Gasteiger partial charge on any atom is 0.258 e. The quantitative estimate of drug-likeness (QED) is 0.748. The molecule has 1 saturated heterocycles. The lowest BCUT2D eigenvalue weighted by molar-refractivity contribution is -0.150. The van der Waals surface area contributed by atoms with Crippen molar-refractivity contribution in [1.82, 2.24) is 10.6 Å². The molecule has 2 N–H and O–H groups in total. The zero-order valence-corrected chi connectivity index (χ0v) is 16.0. The maximum atomic E-state index is 13.7. The van der Waals surface area contributed by atoms with E-state index in [1.54, 1.807) is 0 Å². The Bertz CT molecular complexity index is 774. The standard InChI is InChI=1S/C18H19ClF2N2O3S/c19-11-2-1-10(5-13(11)21)26-6-14(24)22-17-7-18(8-17,9-17)23-16(25)15-12(20)3-4-27-15/h1-2,5,12,15H,3-4,6-9H2,(H,22,24)(H,23,25). The van der Waals surface area contributed by atoms with E-state index in [1.807, 2.05) is 0 Å². The molecular weight excluding hydrogens is 398 g/mol. The first-order chi connectivity index (χ1) is 12.8. The molecule has 3 saturated carbocycles. The molecule has 4 fully saturated rings. The molecule has 2 bridgehead atoms. The van der Waals surface area contributed by atoms with Crippen LogP contribution >= 0.6 is 23.4 Å². The number of carbonyl (C=O) groups is 2. The number of rotatable bonds is 6. The summed E-state index contributed by atoms with van der Waals surface area (Å²) in [4.78, 5) is 24.3. The van der Waals surface area contributed by atoms with Gasteiger partial charge in [0.2, 0.25) is 5.91 Å². The van der Waals surface area contributed by atoms with Crippen molar-refractivity contribution in [3.05, 3.63) is 29.0 Å². The monoisotopic (exact) mass is 416 g/mol. The van der Waals surface area contributed by atoms with Crippen molar-refractivity contribution in [1.29, 1.82) is 0 Å². The second-order valence-electron chi connectivity index (χ2n) is 7.59. The highest BCUT2D eigenvalue weighted by Crippen LogP contribution is 2.60. The van der Waals surface area contributed by atoms with Crippen LogP contribution in [0.2, 0.25) is 5.02 Å². The second-order valence-corrected chi connectivity index (χ2v) is 9.25. The van der Waals surface area contributed by atoms with Gasteiger partial charge in [-0.15, -0.1) is 11.8 Å². The van der Waals surface area contributed by atoms with Gasteiger partial charge >= 0.3 is 0 Å². The SMILES string of the molecule is O=C(COc1ccc(Cl)c(F)c1)NC12CC(NC(=O)C3SCCC3F)(C1)C2. The lowest BCUT2D eigenvalue weighted by Crippen LogP contribution is -2.84. The molecule has 0 aromatic heterocycles. The number of halogens is 3. The highest BCUT2D eigenvalue weighted by Gasteiger charge is 2.69. The van der Waals surface area contributed by atoms with Gasteiger partial charge in [0.1, 0.15) is 23.0 Å². The van der Waals surface area contributed by atoms with Crippen molar-refractivity contribution in [2.24, 2.45) is 0 Å². The van der Waals surface area contributed by atoms with Crippen LogP contribution in [0.5, 0.6) is 5.75 Å². The Morgan fingerprint density at radius 1 is 1.26 bits per heavy atom. The minimum Gasteiger partial charge on any atom is -0.484 e. The summed E-state index contributed by atoms with van der Waals surface area (Å²) in [7, 11) is 0. The van der Waals surface area contributed by atoms with Gasteiger partial charge in [-0.3, -0.25) is 9.59 Å². The van der Waals surface area contributed by atoms with Crippen LogP contribution in [-0.2, 0) is 9.59 Å². The molecule has 1 aromatic carbocycles. The van der Waals surface area contributed by atoms with Crippen LogP contribution in [0.15, 0.2) is 18.2 Å². The van der Waals surface area contributed by atoms with E-state index in [9.17, 15) is 18.4 Å². The second kappa shape index (κ2) is 6.81. The van der Waals surface area contributed by atoms with Crippen molar-refractivity contribution in [2.45, 2.75) is 48.2 Å². The van der Waals surface area contributed by atoms with E-state index in [0.29, 0.717) is 31.4 Å². The van der Waals surface area contributed by atoms with Crippen molar-refractivity contribution >= 4 is 35.2 Å². The molecule has 0 radical (unpaired) electrons. The summed E-state index contributed by atoms with van der Waals surface area (Å²) in [6.45, 7) is -0.232. The number of hydrogen-bond donors (Lipinski definition) is 2. The number of alkyl halides is 1. The Labute approximate surface area is 164 Å². The van der Waals surface area contributed by atoms with E-state index in [0.717, 1.165) is 6.07 Å². The first kappa shape index (κ1) is 18.8. The predicted molar refractivity (Wildman–Crippen MR) is 98.3 cm³/mol. The number of hydrogen-bond acceptors (Lipinski definition) is 4. The van der Waals surface area contributed by atoms with Gasteiger partial charge in [0.05, 0.1) is 5.02 Å². The third-order valence-corrected chi connectivity index (χ3v) is 7.01. The number of nitrogens with one attached hydrogen (secondary N) is 2. The number of ether oxygens (including phenoxy) is 1. The molecule has 9 heteroatoms. The van der Waals surface area contributed by atoms with Crippen LogP contribution in [0, 0.1) is 5.82 Å². The summed E-state index contributed by atoms with van der Waals surface area (Å²) in [5.41, 5.74) is -0.635. The largest absolute Gasteiger partial charge is 0.484 e. The van der Waals surface area contributed by atoms with Gasteiger partial charge in [0, 0.05) is 17.1 Å². The van der Waals surface area contributed by atoms with Gasteiger partial charge in [-0.05, 0) is 43.6 Å². The van der Waals surface area contributed by atoms with Crippen LogP contribution in [-0.4, -0.2) is 46.7 Å². The van der Waals surface area contributed by atoms with Crippen molar-refractivity contribution in [2.75, 3.05) is 12.4 Å². The highest BCUT2D eigenvalue weighted by atomic mass is 35.5. The van der Waals surface area contributed by atoms with Gasteiger partial charge in [-0.2, -0.15) is 0 Å². The summed E-state index contributed by atoms with van der Waals surface area (Å²) >= 11 is 6.96. The fraction of sp³-hybridized carbons (Fsp3) is 0.556. The van der Waals surface area contributed by atoms with Gasteiger partial charge in [-0.25, -0.2) is 8.78 Å². The third-order valence-electron chi connectivity index (χ3n) is 5.36. The molecule has 27 heavy (non-hydrogen) atoms. The molecule has 2 atom stereocenters. The Morgan fingerprint density at radius 3 is 2.59 bits per heavy atom. The summed E-state index contributed by atoms with van der Waals surface area (Å²) in [6.07, 6.45) is 1.27. The molecule has 5 rings (SSSR count). The Kier molecular flexibility index (Phi) is 4.74. The number of amides is 2. The molecule has 2 unspecified atom stereocenters. The van der Waals surface area contributed by atoms with Crippen LogP contribution in [0.1, 0.15) is 25.7 Å². The van der Waals surface area contributed by atoms with Gasteiger partial charge < -0.3 is 15.4 Å². The predicted octanol–water partition coefficient (Wildman–Crippen LogP) is 2.61. The number of benzene rings is 1. The van der Waals surface area contributed by atoms with E-state index in [2.05, 4.69) is 10.6 Å². The fourth-order valence-electron chi connectivity index (χ4n) is 4.24. The molecule has 1 aliphatic heterocycles. The van der Waals surface area contributed by atoms with Gasteiger partial charge in [0.15, 0.2) is 6.61 Å². The van der Waals surface area contributed by atoms with Gasteiger partial charge in [-0.1, -0.05) is 11.6 Å². The molecule has 146 valence electrons. The average Bonchev–Trinajstić information content (AvgIpc) is 2.99. The Morgan fingerprint density at radius 2 is 1.96 bits per heavy atom. The zero-order chi connectivity index (χ0) is 19.2. The number of thioether (sulfide) groups is 1. The normalized spacial score (nSPS) is 33.6. The molecule has 5 nitrogen and oxygen atoms in total. The van der Waals surface area contributed by atoms with Crippen molar-refractivity contribution in [3.63, 3.8) is 0 Å². The van der Waals surface area contributed by atoms with Crippen LogP contribution in [0.25, 0.3) is 0 Å². The smallest absolute Gasteiger partial charge is 0.258 e. The molecule has 1 heterocycles. The zero-order valence-electron chi connectivity index (χ0n) is 14.4. The lowest BCUT2D eigenvalue weighted by atomic mass is 9.44. The van der Waals surface area contributed by atoms with E-state index < -0.39 is 17.2 Å². The fourth-order valence-corrected chi connectivity index (χ4v) is 5.52. The van der Waals surface area contributed by atoms with E-state index in [-0.39, 0.29) is 40.3 Å². The average molecular weight is 417 g/mol. The molecule has 0 spiro atoms. The first-order valence-corrected chi connectivity index (χ1v) is 10.2.